The van der Waals surface area contributed by atoms with Crippen molar-refractivity contribution >= 4 is 92.2 Å². The summed E-state index contributed by atoms with van der Waals surface area (Å²) in [5.74, 6) is 0. The first-order chi connectivity index (χ1) is 34.7. The van der Waals surface area contributed by atoms with E-state index < -0.39 is 0 Å². The Hall–Kier alpha value is -8.96. The molecule has 0 bridgehead atoms. The molecule has 11 aromatic carbocycles. The number of hydrogen-bond acceptors (Lipinski definition) is 2. The highest BCUT2D eigenvalue weighted by atomic mass is 32.1. The molecule has 14 rings (SSSR count). The van der Waals surface area contributed by atoms with E-state index in [1.54, 1.807) is 0 Å². The number of rotatable bonds is 8. The average Bonchev–Trinajstić information content (AvgIpc) is 4.09. The van der Waals surface area contributed by atoms with E-state index in [0.29, 0.717) is 0 Å². The van der Waals surface area contributed by atoms with Gasteiger partial charge in [-0.2, -0.15) is 0 Å². The average molecular weight is 910 g/mol. The Balaban J connectivity index is 0.944. The van der Waals surface area contributed by atoms with Crippen LogP contribution < -0.4 is 4.90 Å². The smallest absolute Gasteiger partial charge is 0.0547 e. The third kappa shape index (κ3) is 6.64. The number of nitrogens with zero attached hydrogens (tertiary/aromatic N) is 3. The minimum absolute atomic E-state index is 1.10. The van der Waals surface area contributed by atoms with E-state index in [1.165, 1.54) is 74.9 Å². The number of benzene rings is 11. The third-order valence-electron chi connectivity index (χ3n) is 14.1. The standard InChI is InChI=1S/C66H43N3S/c1-4-16-50(17-5-1)67(54-34-37-60-59-24-12-15-27-65(59)70-66(60)43-54)53-32-28-44(29-33-53)47-38-48(45-30-35-57-55-22-10-13-25-61(55)68(63(57)41-45)51-18-6-2-7-19-51)40-49(39-47)46-31-36-58-56-23-11-14-26-62(56)69(64(58)42-46)52-20-8-3-9-21-52/h1-43H. The molecule has 0 saturated heterocycles. The molecular weight excluding hydrogens is 867 g/mol. The van der Waals surface area contributed by atoms with Crippen LogP contribution >= 0.6 is 11.3 Å². The second-order valence-electron chi connectivity index (χ2n) is 18.1. The van der Waals surface area contributed by atoms with Crippen molar-refractivity contribution in [2.45, 2.75) is 0 Å². The molecule has 70 heavy (non-hydrogen) atoms. The van der Waals surface area contributed by atoms with E-state index in [4.69, 9.17) is 0 Å². The van der Waals surface area contributed by atoms with Crippen LogP contribution in [0.25, 0.3) is 109 Å². The van der Waals surface area contributed by atoms with Gasteiger partial charge in [0.2, 0.25) is 0 Å². The molecule has 0 fully saturated rings. The quantitative estimate of drug-likeness (QED) is 0.148. The summed E-state index contributed by atoms with van der Waals surface area (Å²) in [6.45, 7) is 0. The fraction of sp³-hybridized carbons (Fsp3) is 0. The molecule has 0 aliphatic carbocycles. The van der Waals surface area contributed by atoms with Crippen molar-refractivity contribution in [3.63, 3.8) is 0 Å². The Morgan fingerprint density at radius 2 is 0.643 bits per heavy atom. The molecule has 328 valence electrons. The Kier molecular flexibility index (Phi) is 9.39. The summed E-state index contributed by atoms with van der Waals surface area (Å²) in [6, 6.07) is 95.6. The van der Waals surface area contributed by atoms with Crippen molar-refractivity contribution in [2.24, 2.45) is 0 Å². The maximum atomic E-state index is 2.41. The first-order valence-electron chi connectivity index (χ1n) is 23.9. The number of para-hydroxylation sites is 5. The molecule has 0 aliphatic heterocycles. The largest absolute Gasteiger partial charge is 0.310 e. The summed E-state index contributed by atoms with van der Waals surface area (Å²) in [7, 11) is 0. The van der Waals surface area contributed by atoms with E-state index in [1.807, 2.05) is 11.3 Å². The molecule has 0 radical (unpaired) electrons. The van der Waals surface area contributed by atoms with E-state index in [-0.39, 0.29) is 0 Å². The monoisotopic (exact) mass is 909 g/mol. The predicted octanol–water partition coefficient (Wildman–Crippen LogP) is 18.7. The van der Waals surface area contributed by atoms with Crippen LogP contribution in [0.1, 0.15) is 0 Å². The maximum Gasteiger partial charge on any atom is 0.0547 e. The fourth-order valence-electron chi connectivity index (χ4n) is 10.8. The van der Waals surface area contributed by atoms with Gasteiger partial charge in [-0.05, 0) is 143 Å². The van der Waals surface area contributed by atoms with Crippen LogP contribution in [0.15, 0.2) is 261 Å². The molecule has 0 saturated carbocycles. The summed E-state index contributed by atoms with van der Waals surface area (Å²) in [4.78, 5) is 2.37. The first-order valence-corrected chi connectivity index (χ1v) is 24.7. The van der Waals surface area contributed by atoms with Gasteiger partial charge < -0.3 is 14.0 Å². The lowest BCUT2D eigenvalue weighted by Gasteiger charge is -2.25. The Labute approximate surface area is 409 Å². The Morgan fingerprint density at radius 3 is 1.21 bits per heavy atom. The van der Waals surface area contributed by atoms with Gasteiger partial charge in [-0.1, -0.05) is 152 Å². The molecule has 3 nitrogen and oxygen atoms in total. The molecule has 3 aromatic heterocycles. The van der Waals surface area contributed by atoms with E-state index >= 15 is 0 Å². The van der Waals surface area contributed by atoms with Crippen LogP contribution in [0.4, 0.5) is 17.1 Å². The molecule has 4 heteroatoms. The SMILES string of the molecule is c1ccc(N(c2ccc(-c3cc(-c4ccc5c6ccccc6n(-c6ccccc6)c5c4)cc(-c4ccc5c6ccccc6n(-c6ccccc6)c5c4)c3)cc2)c2ccc3c(c2)sc2ccccc23)cc1. The van der Waals surface area contributed by atoms with E-state index in [9.17, 15) is 0 Å². The van der Waals surface area contributed by atoms with Crippen molar-refractivity contribution in [3.8, 4) is 44.8 Å². The molecule has 0 unspecified atom stereocenters. The molecule has 14 aromatic rings. The van der Waals surface area contributed by atoms with Gasteiger partial charge in [0, 0.05) is 70.2 Å². The van der Waals surface area contributed by atoms with Crippen LogP contribution in [-0.4, -0.2) is 9.13 Å². The van der Waals surface area contributed by atoms with E-state index in [2.05, 4.69) is 275 Å². The lowest BCUT2D eigenvalue weighted by atomic mass is 9.92. The van der Waals surface area contributed by atoms with Crippen LogP contribution in [0.2, 0.25) is 0 Å². The zero-order valence-corrected chi connectivity index (χ0v) is 38.9. The second kappa shape index (κ2) is 16.4. The van der Waals surface area contributed by atoms with Crippen molar-refractivity contribution in [1.29, 1.82) is 0 Å². The van der Waals surface area contributed by atoms with Gasteiger partial charge in [0.05, 0.1) is 22.1 Å². The summed E-state index contributed by atoms with van der Waals surface area (Å²) in [5.41, 5.74) is 17.4. The predicted molar refractivity (Wildman–Crippen MR) is 299 cm³/mol. The molecule has 0 N–H and O–H groups in total. The van der Waals surface area contributed by atoms with Crippen LogP contribution in [0.5, 0.6) is 0 Å². The summed E-state index contributed by atoms with van der Waals surface area (Å²) in [5, 5.41) is 7.58. The van der Waals surface area contributed by atoms with E-state index in [0.717, 1.165) is 50.7 Å². The number of thiophene rings is 1. The molecule has 0 aliphatic rings. The van der Waals surface area contributed by atoms with Gasteiger partial charge in [-0.3, -0.25) is 0 Å². The van der Waals surface area contributed by atoms with Gasteiger partial charge in [0.1, 0.15) is 0 Å². The molecule has 3 heterocycles. The van der Waals surface area contributed by atoms with Gasteiger partial charge in [0.25, 0.3) is 0 Å². The van der Waals surface area contributed by atoms with Crippen LogP contribution in [0, 0.1) is 0 Å². The van der Waals surface area contributed by atoms with Gasteiger partial charge in [-0.15, -0.1) is 11.3 Å². The summed E-state index contributed by atoms with van der Waals surface area (Å²) < 4.78 is 7.41. The zero-order chi connectivity index (χ0) is 46.1. The minimum atomic E-state index is 1.10. The number of hydrogen-bond donors (Lipinski definition) is 0. The Bertz CT molecular complexity index is 4100. The normalized spacial score (nSPS) is 11.7. The summed E-state index contributed by atoms with van der Waals surface area (Å²) >= 11 is 1.85. The number of fused-ring (bicyclic) bond motifs is 9. The molecular formula is C66H43N3S. The van der Waals surface area contributed by atoms with Crippen molar-refractivity contribution in [3.05, 3.63) is 261 Å². The highest BCUT2D eigenvalue weighted by Gasteiger charge is 2.19. The van der Waals surface area contributed by atoms with Crippen molar-refractivity contribution in [2.75, 3.05) is 4.90 Å². The lowest BCUT2D eigenvalue weighted by Crippen LogP contribution is -2.09. The number of anilines is 3. The fourth-order valence-corrected chi connectivity index (χ4v) is 12.0. The lowest BCUT2D eigenvalue weighted by molar-refractivity contribution is 1.18. The van der Waals surface area contributed by atoms with Crippen LogP contribution in [0.3, 0.4) is 0 Å². The van der Waals surface area contributed by atoms with Gasteiger partial charge >= 0.3 is 0 Å². The van der Waals surface area contributed by atoms with Crippen molar-refractivity contribution < 1.29 is 0 Å². The highest BCUT2D eigenvalue weighted by molar-refractivity contribution is 7.25. The minimum Gasteiger partial charge on any atom is -0.310 e. The number of aromatic nitrogens is 2. The summed E-state index contributed by atoms with van der Waals surface area (Å²) in [6.07, 6.45) is 0. The van der Waals surface area contributed by atoms with Crippen molar-refractivity contribution in [1.82, 2.24) is 9.13 Å². The molecule has 0 spiro atoms. The highest BCUT2D eigenvalue weighted by Crippen LogP contribution is 2.43. The second-order valence-corrected chi connectivity index (χ2v) is 19.2. The topological polar surface area (TPSA) is 13.1 Å². The van der Waals surface area contributed by atoms with Gasteiger partial charge in [-0.25, -0.2) is 0 Å². The first kappa shape index (κ1) is 40.1. The maximum absolute atomic E-state index is 2.41. The third-order valence-corrected chi connectivity index (χ3v) is 15.2. The molecule has 0 atom stereocenters. The Morgan fingerprint density at radius 1 is 0.243 bits per heavy atom. The van der Waals surface area contributed by atoms with Gasteiger partial charge in [0.15, 0.2) is 0 Å². The molecule has 0 amide bonds. The zero-order valence-electron chi connectivity index (χ0n) is 38.1. The van der Waals surface area contributed by atoms with Crippen LogP contribution in [-0.2, 0) is 0 Å².